The summed E-state index contributed by atoms with van der Waals surface area (Å²) in [6.45, 7) is 2.23. The molecule has 5 nitrogen and oxygen atoms in total. The zero-order chi connectivity index (χ0) is 13.0. The monoisotopic (exact) mass is 250 g/mol. The second-order valence-corrected chi connectivity index (χ2v) is 5.00. The molecule has 1 fully saturated rings. The number of piperidine rings is 1. The van der Waals surface area contributed by atoms with Gasteiger partial charge in [-0.05, 0) is 38.3 Å². The number of carbonyl (C=O) groups excluding carboxylic acids is 1. The third-order valence-electron chi connectivity index (χ3n) is 3.72. The van der Waals surface area contributed by atoms with Crippen LogP contribution in [0.4, 0.5) is 0 Å². The Labute approximate surface area is 108 Å². The van der Waals surface area contributed by atoms with Crippen molar-refractivity contribution in [1.82, 2.24) is 20.0 Å². The molecule has 2 heterocycles. The lowest BCUT2D eigenvalue weighted by Crippen LogP contribution is -2.42. The molecule has 0 atom stereocenters. The van der Waals surface area contributed by atoms with Gasteiger partial charge in [-0.2, -0.15) is 5.10 Å². The number of likely N-dealkylation sites (tertiary alicyclic amines) is 1. The van der Waals surface area contributed by atoms with E-state index in [0.717, 1.165) is 32.4 Å². The predicted octanol–water partition coefficient (Wildman–Crippen LogP) is 0.421. The van der Waals surface area contributed by atoms with Gasteiger partial charge in [-0.15, -0.1) is 0 Å². The molecule has 1 aromatic heterocycles. The van der Waals surface area contributed by atoms with Crippen molar-refractivity contribution in [2.24, 2.45) is 13.0 Å². The van der Waals surface area contributed by atoms with Crippen LogP contribution < -0.4 is 5.32 Å². The fourth-order valence-corrected chi connectivity index (χ4v) is 2.55. The first kappa shape index (κ1) is 13.1. The maximum absolute atomic E-state index is 11.7. The van der Waals surface area contributed by atoms with Crippen molar-refractivity contribution in [3.8, 4) is 0 Å². The van der Waals surface area contributed by atoms with Crippen molar-refractivity contribution in [3.05, 3.63) is 18.0 Å². The maximum atomic E-state index is 11.7. The van der Waals surface area contributed by atoms with E-state index in [1.165, 1.54) is 5.69 Å². The fourth-order valence-electron chi connectivity index (χ4n) is 2.55. The Morgan fingerprint density at radius 2 is 2.22 bits per heavy atom. The van der Waals surface area contributed by atoms with Gasteiger partial charge in [0, 0.05) is 32.0 Å². The van der Waals surface area contributed by atoms with Crippen molar-refractivity contribution < 1.29 is 4.79 Å². The molecule has 1 aliphatic heterocycles. The predicted molar refractivity (Wildman–Crippen MR) is 70.1 cm³/mol. The summed E-state index contributed by atoms with van der Waals surface area (Å²) >= 11 is 0. The molecule has 0 saturated carbocycles. The molecular formula is C13H22N4O. The number of aryl methyl sites for hydroxylation is 1. The molecule has 0 spiro atoms. The molecular weight excluding hydrogens is 228 g/mol. The molecule has 0 unspecified atom stereocenters. The highest BCUT2D eigenvalue weighted by Gasteiger charge is 2.22. The molecule has 1 aliphatic rings. The molecule has 1 N–H and O–H groups in total. The van der Waals surface area contributed by atoms with E-state index in [1.54, 1.807) is 0 Å². The summed E-state index contributed by atoms with van der Waals surface area (Å²) in [7, 11) is 3.80. The molecule has 0 aromatic carbocycles. The van der Waals surface area contributed by atoms with E-state index in [-0.39, 0.29) is 5.91 Å². The van der Waals surface area contributed by atoms with Gasteiger partial charge < -0.3 is 10.2 Å². The average Bonchev–Trinajstić information content (AvgIpc) is 2.76. The van der Waals surface area contributed by atoms with Crippen LogP contribution in [0.3, 0.4) is 0 Å². The van der Waals surface area contributed by atoms with E-state index < -0.39 is 0 Å². The lowest BCUT2D eigenvalue weighted by molar-refractivity contribution is -0.131. The number of hydrogen-bond acceptors (Lipinski definition) is 3. The number of hydrogen-bond donors (Lipinski definition) is 1. The van der Waals surface area contributed by atoms with Gasteiger partial charge in [-0.3, -0.25) is 9.48 Å². The molecule has 5 heteroatoms. The van der Waals surface area contributed by atoms with E-state index >= 15 is 0 Å². The fraction of sp³-hybridized carbons (Fsp3) is 0.692. The Hall–Kier alpha value is -1.36. The molecule has 2 rings (SSSR count). The van der Waals surface area contributed by atoms with Gasteiger partial charge >= 0.3 is 0 Å². The highest BCUT2D eigenvalue weighted by molar-refractivity contribution is 5.78. The molecule has 0 bridgehead atoms. The molecule has 100 valence electrons. The standard InChI is InChI=1S/C13H22N4O/c1-14-10-13(18)17-7-4-11(5-8-17)9-12-3-6-15-16(12)2/h3,6,11,14H,4-5,7-10H2,1-2H3. The molecule has 1 saturated heterocycles. The largest absolute Gasteiger partial charge is 0.342 e. The van der Waals surface area contributed by atoms with E-state index in [2.05, 4.69) is 16.5 Å². The minimum Gasteiger partial charge on any atom is -0.342 e. The van der Waals surface area contributed by atoms with Crippen molar-refractivity contribution in [3.63, 3.8) is 0 Å². The van der Waals surface area contributed by atoms with Gasteiger partial charge in [0.25, 0.3) is 0 Å². The Kier molecular flexibility index (Phi) is 4.36. The minimum atomic E-state index is 0.219. The van der Waals surface area contributed by atoms with E-state index in [1.807, 2.05) is 29.9 Å². The molecule has 18 heavy (non-hydrogen) atoms. The molecule has 0 aliphatic carbocycles. The first-order valence-electron chi connectivity index (χ1n) is 6.60. The van der Waals surface area contributed by atoms with Crippen molar-refractivity contribution in [2.45, 2.75) is 19.3 Å². The number of amides is 1. The summed E-state index contributed by atoms with van der Waals surface area (Å²) in [5.41, 5.74) is 1.29. The van der Waals surface area contributed by atoms with Crippen LogP contribution in [-0.4, -0.2) is 47.3 Å². The number of aromatic nitrogens is 2. The quantitative estimate of drug-likeness (QED) is 0.842. The van der Waals surface area contributed by atoms with Crippen LogP contribution in [0.5, 0.6) is 0 Å². The third kappa shape index (κ3) is 3.10. The number of rotatable bonds is 4. The second-order valence-electron chi connectivity index (χ2n) is 5.00. The zero-order valence-electron chi connectivity index (χ0n) is 11.2. The minimum absolute atomic E-state index is 0.219. The Bertz CT molecular complexity index is 393. The van der Waals surface area contributed by atoms with Gasteiger partial charge in [0.05, 0.1) is 6.54 Å². The van der Waals surface area contributed by atoms with Gasteiger partial charge in [-0.1, -0.05) is 0 Å². The number of carbonyl (C=O) groups is 1. The Morgan fingerprint density at radius 3 is 2.78 bits per heavy atom. The van der Waals surface area contributed by atoms with Crippen LogP contribution in [0.1, 0.15) is 18.5 Å². The second kappa shape index (κ2) is 6.00. The smallest absolute Gasteiger partial charge is 0.236 e. The maximum Gasteiger partial charge on any atom is 0.236 e. The summed E-state index contributed by atoms with van der Waals surface area (Å²) in [5, 5.41) is 7.11. The number of nitrogens with one attached hydrogen (secondary N) is 1. The van der Waals surface area contributed by atoms with Gasteiger partial charge in [-0.25, -0.2) is 0 Å². The molecule has 1 amide bonds. The Morgan fingerprint density at radius 1 is 1.50 bits per heavy atom. The normalized spacial score (nSPS) is 17.1. The summed E-state index contributed by atoms with van der Waals surface area (Å²) < 4.78 is 1.94. The average molecular weight is 250 g/mol. The van der Waals surface area contributed by atoms with Crippen LogP contribution in [0.25, 0.3) is 0 Å². The molecule has 1 aromatic rings. The van der Waals surface area contributed by atoms with E-state index in [0.29, 0.717) is 12.5 Å². The zero-order valence-corrected chi connectivity index (χ0v) is 11.2. The van der Waals surface area contributed by atoms with Crippen LogP contribution in [0, 0.1) is 5.92 Å². The van der Waals surface area contributed by atoms with Crippen LogP contribution in [0.2, 0.25) is 0 Å². The first-order valence-corrected chi connectivity index (χ1v) is 6.60. The summed E-state index contributed by atoms with van der Waals surface area (Å²) in [6.07, 6.45) is 5.12. The van der Waals surface area contributed by atoms with Gasteiger partial charge in [0.1, 0.15) is 0 Å². The van der Waals surface area contributed by atoms with Crippen molar-refractivity contribution in [1.29, 1.82) is 0 Å². The third-order valence-corrected chi connectivity index (χ3v) is 3.72. The lowest BCUT2D eigenvalue weighted by atomic mass is 9.92. The van der Waals surface area contributed by atoms with E-state index in [9.17, 15) is 4.79 Å². The van der Waals surface area contributed by atoms with Crippen LogP contribution in [0.15, 0.2) is 12.3 Å². The van der Waals surface area contributed by atoms with Gasteiger partial charge in [0.15, 0.2) is 0 Å². The van der Waals surface area contributed by atoms with Crippen molar-refractivity contribution in [2.75, 3.05) is 26.7 Å². The number of likely N-dealkylation sites (N-methyl/N-ethyl adjacent to an activating group) is 1. The van der Waals surface area contributed by atoms with Crippen LogP contribution >= 0.6 is 0 Å². The first-order chi connectivity index (χ1) is 8.70. The number of nitrogens with zero attached hydrogens (tertiary/aromatic N) is 3. The van der Waals surface area contributed by atoms with Crippen molar-refractivity contribution >= 4 is 5.91 Å². The SMILES string of the molecule is CNCC(=O)N1CCC(Cc2ccnn2C)CC1. The summed E-state index contributed by atoms with van der Waals surface area (Å²) in [5.74, 6) is 0.899. The summed E-state index contributed by atoms with van der Waals surface area (Å²) in [6, 6.07) is 2.08. The molecule has 0 radical (unpaired) electrons. The van der Waals surface area contributed by atoms with Gasteiger partial charge in [0.2, 0.25) is 5.91 Å². The highest BCUT2D eigenvalue weighted by Crippen LogP contribution is 2.21. The highest BCUT2D eigenvalue weighted by atomic mass is 16.2. The topological polar surface area (TPSA) is 50.2 Å². The van der Waals surface area contributed by atoms with E-state index in [4.69, 9.17) is 0 Å². The van der Waals surface area contributed by atoms with Crippen LogP contribution in [-0.2, 0) is 18.3 Å². The summed E-state index contributed by atoms with van der Waals surface area (Å²) in [4.78, 5) is 13.7. The Balaban J connectivity index is 1.80. The lowest BCUT2D eigenvalue weighted by Gasteiger charge is -2.32.